The van der Waals surface area contributed by atoms with Gasteiger partial charge in [0.05, 0.1) is 17.5 Å². The lowest BCUT2D eigenvalue weighted by atomic mass is 10.2. The van der Waals surface area contributed by atoms with Gasteiger partial charge in [0.1, 0.15) is 16.2 Å². The number of ether oxygens (including phenoxy) is 1. The van der Waals surface area contributed by atoms with Crippen LogP contribution >= 0.6 is 0 Å². The Kier molecular flexibility index (Phi) is 5.31. The molecule has 4 rings (SSSR count). The van der Waals surface area contributed by atoms with Gasteiger partial charge < -0.3 is 14.1 Å². The largest absolute Gasteiger partial charge is 0.435 e. The lowest BCUT2D eigenvalue weighted by molar-refractivity contribution is 0.424. The molecule has 0 radical (unpaired) electrons. The number of fused-ring (bicyclic) bond motifs is 1. The number of aromatic amines is 1. The van der Waals surface area contributed by atoms with E-state index < -0.39 is 21.7 Å². The standard InChI is InChI=1S/C21H18F2N4O4S/c1-12-8-17(27-7-6-24-20(28)19(12)27)15-10-14(32(29,30)26(2)3)11-25-21(15)31-18-5-4-13(22)9-16(18)23/h4-11H,1-3H3,(H,24,28). The first-order valence-corrected chi connectivity index (χ1v) is 10.8. The fraction of sp³-hybridized carbons (Fsp3) is 0.143. The maximum atomic E-state index is 14.2. The van der Waals surface area contributed by atoms with Gasteiger partial charge in [-0.3, -0.25) is 4.79 Å². The van der Waals surface area contributed by atoms with Crippen molar-refractivity contribution in [1.29, 1.82) is 0 Å². The molecule has 8 nitrogen and oxygen atoms in total. The summed E-state index contributed by atoms with van der Waals surface area (Å²) in [6, 6.07) is 5.80. The number of nitrogens with one attached hydrogen (secondary N) is 1. The number of rotatable bonds is 5. The zero-order chi connectivity index (χ0) is 23.2. The number of nitrogens with zero attached hydrogens (tertiary/aromatic N) is 3. The molecule has 0 spiro atoms. The molecular weight excluding hydrogens is 442 g/mol. The molecule has 0 fully saturated rings. The molecule has 3 heterocycles. The summed E-state index contributed by atoms with van der Waals surface area (Å²) in [7, 11) is -1.09. The third-order valence-corrected chi connectivity index (χ3v) is 6.64. The molecule has 166 valence electrons. The molecule has 3 aromatic heterocycles. The summed E-state index contributed by atoms with van der Waals surface area (Å²) < 4.78 is 61.1. The smallest absolute Gasteiger partial charge is 0.272 e. The highest BCUT2D eigenvalue weighted by Crippen LogP contribution is 2.36. The maximum absolute atomic E-state index is 14.2. The van der Waals surface area contributed by atoms with Crippen molar-refractivity contribution >= 4 is 15.5 Å². The van der Waals surface area contributed by atoms with Crippen molar-refractivity contribution in [1.82, 2.24) is 18.7 Å². The van der Waals surface area contributed by atoms with Gasteiger partial charge in [0.25, 0.3) is 5.56 Å². The van der Waals surface area contributed by atoms with Crippen molar-refractivity contribution in [3.05, 3.63) is 76.5 Å². The molecule has 0 saturated carbocycles. The Balaban J connectivity index is 1.98. The Labute approximate surface area is 181 Å². The first-order valence-electron chi connectivity index (χ1n) is 9.35. The molecule has 4 aromatic rings. The van der Waals surface area contributed by atoms with E-state index in [2.05, 4.69) is 9.97 Å². The molecule has 0 amide bonds. The second-order valence-corrected chi connectivity index (χ2v) is 9.36. The summed E-state index contributed by atoms with van der Waals surface area (Å²) in [6.45, 7) is 1.72. The predicted molar refractivity (Wildman–Crippen MR) is 113 cm³/mol. The maximum Gasteiger partial charge on any atom is 0.272 e. The van der Waals surface area contributed by atoms with Crippen LogP contribution in [0, 0.1) is 18.6 Å². The SMILES string of the molecule is Cc1cc(-c2cc(S(=O)(=O)N(C)C)cnc2Oc2ccc(F)cc2F)n2cc[nH]c(=O)c12. The van der Waals surface area contributed by atoms with Crippen LogP contribution in [0.2, 0.25) is 0 Å². The number of hydrogen-bond donors (Lipinski definition) is 1. The fourth-order valence-electron chi connectivity index (χ4n) is 3.27. The highest BCUT2D eigenvalue weighted by Gasteiger charge is 2.23. The molecule has 0 aliphatic carbocycles. The summed E-state index contributed by atoms with van der Waals surface area (Å²) in [4.78, 5) is 18.9. The van der Waals surface area contributed by atoms with Crippen molar-refractivity contribution in [2.45, 2.75) is 11.8 Å². The van der Waals surface area contributed by atoms with Crippen LogP contribution < -0.4 is 10.3 Å². The van der Waals surface area contributed by atoms with Gasteiger partial charge in [0.15, 0.2) is 11.6 Å². The summed E-state index contributed by atoms with van der Waals surface area (Å²) in [6.07, 6.45) is 4.12. The second-order valence-electron chi connectivity index (χ2n) is 7.21. The number of benzene rings is 1. The van der Waals surface area contributed by atoms with Crippen LogP contribution in [0.25, 0.3) is 16.8 Å². The number of aromatic nitrogens is 3. The number of halogens is 2. The average molecular weight is 460 g/mol. The predicted octanol–water partition coefficient (Wildman–Crippen LogP) is 3.32. The quantitative estimate of drug-likeness (QED) is 0.493. The molecule has 11 heteroatoms. The van der Waals surface area contributed by atoms with Crippen molar-refractivity contribution < 1.29 is 21.9 Å². The Morgan fingerprint density at radius 2 is 1.91 bits per heavy atom. The van der Waals surface area contributed by atoms with Crippen molar-refractivity contribution in [2.75, 3.05) is 14.1 Å². The van der Waals surface area contributed by atoms with Crippen molar-refractivity contribution in [2.24, 2.45) is 0 Å². The second kappa shape index (κ2) is 7.84. The third-order valence-electron chi connectivity index (χ3n) is 4.86. The summed E-state index contributed by atoms with van der Waals surface area (Å²) in [5.74, 6) is -2.13. The van der Waals surface area contributed by atoms with Crippen LogP contribution in [0.1, 0.15) is 5.56 Å². The van der Waals surface area contributed by atoms with Gasteiger partial charge in [0, 0.05) is 32.6 Å². The molecule has 0 aliphatic heterocycles. The lowest BCUT2D eigenvalue weighted by Gasteiger charge is -2.15. The Hall–Kier alpha value is -3.57. The zero-order valence-electron chi connectivity index (χ0n) is 17.3. The van der Waals surface area contributed by atoms with Crippen LogP contribution in [-0.4, -0.2) is 41.2 Å². The van der Waals surface area contributed by atoms with Gasteiger partial charge in [-0.05, 0) is 36.8 Å². The summed E-state index contributed by atoms with van der Waals surface area (Å²) >= 11 is 0. The highest BCUT2D eigenvalue weighted by molar-refractivity contribution is 7.89. The minimum atomic E-state index is -3.85. The summed E-state index contributed by atoms with van der Waals surface area (Å²) in [5, 5.41) is 0. The Bertz CT molecular complexity index is 1510. The first-order chi connectivity index (χ1) is 15.1. The minimum Gasteiger partial charge on any atom is -0.435 e. The van der Waals surface area contributed by atoms with Gasteiger partial charge in [-0.1, -0.05) is 0 Å². The Morgan fingerprint density at radius 3 is 2.59 bits per heavy atom. The van der Waals surface area contributed by atoms with E-state index in [0.29, 0.717) is 22.8 Å². The van der Waals surface area contributed by atoms with Gasteiger partial charge >= 0.3 is 0 Å². The molecule has 0 unspecified atom stereocenters. The average Bonchev–Trinajstić information content (AvgIpc) is 3.07. The van der Waals surface area contributed by atoms with Crippen LogP contribution in [-0.2, 0) is 10.0 Å². The minimum absolute atomic E-state index is 0.118. The molecule has 0 bridgehead atoms. The molecule has 0 atom stereocenters. The van der Waals surface area contributed by atoms with E-state index in [1.807, 2.05) is 0 Å². The number of hydrogen-bond acceptors (Lipinski definition) is 5. The highest BCUT2D eigenvalue weighted by atomic mass is 32.2. The number of pyridine rings is 1. The monoisotopic (exact) mass is 460 g/mol. The normalized spacial score (nSPS) is 11.9. The molecular formula is C21H18F2N4O4S. The molecule has 32 heavy (non-hydrogen) atoms. The van der Waals surface area contributed by atoms with Gasteiger partial charge in [-0.15, -0.1) is 0 Å². The molecule has 1 N–H and O–H groups in total. The number of sulfonamides is 1. The van der Waals surface area contributed by atoms with Gasteiger partial charge in [0.2, 0.25) is 15.9 Å². The summed E-state index contributed by atoms with van der Waals surface area (Å²) in [5.41, 5.74) is 1.24. The van der Waals surface area contributed by atoms with Crippen LogP contribution in [0.4, 0.5) is 8.78 Å². The van der Waals surface area contributed by atoms with E-state index >= 15 is 0 Å². The van der Waals surface area contributed by atoms with E-state index in [9.17, 15) is 22.0 Å². The van der Waals surface area contributed by atoms with Gasteiger partial charge in [-0.2, -0.15) is 0 Å². The van der Waals surface area contributed by atoms with Crippen molar-refractivity contribution in [3.63, 3.8) is 0 Å². The van der Waals surface area contributed by atoms with E-state index in [1.165, 1.54) is 26.4 Å². The fourth-order valence-corrected chi connectivity index (χ4v) is 4.15. The van der Waals surface area contributed by atoms with Crippen molar-refractivity contribution in [3.8, 4) is 22.9 Å². The lowest BCUT2D eigenvalue weighted by Crippen LogP contribution is -2.22. The molecule has 0 saturated heterocycles. The third kappa shape index (κ3) is 3.65. The van der Waals surface area contributed by atoms with Crippen LogP contribution in [0.3, 0.4) is 0 Å². The van der Waals surface area contributed by atoms with E-state index in [0.717, 1.165) is 22.6 Å². The van der Waals surface area contributed by atoms with E-state index in [4.69, 9.17) is 4.74 Å². The van der Waals surface area contributed by atoms with E-state index in [1.54, 1.807) is 23.6 Å². The molecule has 0 aliphatic rings. The van der Waals surface area contributed by atoms with Crippen LogP contribution in [0.15, 0.2) is 58.6 Å². The topological polar surface area (TPSA) is 96.8 Å². The Morgan fingerprint density at radius 1 is 1.16 bits per heavy atom. The van der Waals surface area contributed by atoms with Crippen LogP contribution in [0.5, 0.6) is 11.6 Å². The first kappa shape index (κ1) is 21.7. The number of H-pyrrole nitrogens is 1. The van der Waals surface area contributed by atoms with E-state index in [-0.39, 0.29) is 27.6 Å². The number of aryl methyl sites for hydroxylation is 1. The zero-order valence-corrected chi connectivity index (χ0v) is 18.1. The molecule has 1 aromatic carbocycles. The van der Waals surface area contributed by atoms with Gasteiger partial charge in [-0.25, -0.2) is 26.5 Å².